The molecular weight excluding hydrogens is 252 g/mol. The monoisotopic (exact) mass is 270 g/mol. The van der Waals surface area contributed by atoms with Gasteiger partial charge in [0.2, 0.25) is 0 Å². The lowest BCUT2D eigenvalue weighted by Crippen LogP contribution is -2.04. The fourth-order valence-electron chi connectivity index (χ4n) is 2.94. The third-order valence-electron chi connectivity index (χ3n) is 4.09. The first-order chi connectivity index (χ1) is 9.58. The average molecular weight is 270 g/mol. The van der Waals surface area contributed by atoms with E-state index in [9.17, 15) is 4.79 Å². The van der Waals surface area contributed by atoms with Crippen LogP contribution >= 0.6 is 0 Å². The molecule has 0 radical (unpaired) electrons. The van der Waals surface area contributed by atoms with Crippen LogP contribution in [0.2, 0.25) is 0 Å². The molecule has 0 amide bonds. The number of rotatable bonds is 4. The lowest BCUT2D eigenvalue weighted by atomic mass is 10.1. The zero-order chi connectivity index (χ0) is 14.3. The van der Waals surface area contributed by atoms with Crippen LogP contribution in [0.5, 0.6) is 0 Å². The van der Waals surface area contributed by atoms with Gasteiger partial charge in [-0.1, -0.05) is 30.3 Å². The highest BCUT2D eigenvalue weighted by Gasteiger charge is 2.46. The van der Waals surface area contributed by atoms with Gasteiger partial charge in [-0.25, -0.2) is 0 Å². The first-order valence-electron chi connectivity index (χ1n) is 6.88. The van der Waals surface area contributed by atoms with Crippen molar-refractivity contribution in [1.82, 2.24) is 9.78 Å². The van der Waals surface area contributed by atoms with E-state index in [0.717, 1.165) is 29.9 Å². The van der Waals surface area contributed by atoms with Crippen LogP contribution in [0.1, 0.15) is 34.9 Å². The molecule has 1 N–H and O–H groups in total. The third-order valence-corrected chi connectivity index (χ3v) is 4.09. The van der Waals surface area contributed by atoms with E-state index in [2.05, 4.69) is 17.2 Å². The standard InChI is InChI=1S/C16H18N2O2/c1-10-15(13-8-14(13)16(19)20)11(2)18(17-10)9-12-6-4-3-5-7-12/h3-7,13-14H,8-9H2,1-2H3,(H,19,20)/t13-,14-/m1/s1. The Kier molecular flexibility index (Phi) is 3.08. The second-order valence-electron chi connectivity index (χ2n) is 5.51. The Bertz CT molecular complexity index is 646. The van der Waals surface area contributed by atoms with Crippen molar-refractivity contribution >= 4 is 5.97 Å². The number of benzene rings is 1. The van der Waals surface area contributed by atoms with Gasteiger partial charge in [0.25, 0.3) is 0 Å². The summed E-state index contributed by atoms with van der Waals surface area (Å²) in [4.78, 5) is 11.0. The summed E-state index contributed by atoms with van der Waals surface area (Å²) in [6.45, 7) is 4.74. The van der Waals surface area contributed by atoms with E-state index in [1.165, 1.54) is 5.56 Å². The molecule has 1 aliphatic rings. The van der Waals surface area contributed by atoms with E-state index in [0.29, 0.717) is 0 Å². The maximum Gasteiger partial charge on any atom is 0.307 e. The van der Waals surface area contributed by atoms with Gasteiger partial charge in [0, 0.05) is 11.6 Å². The molecule has 0 unspecified atom stereocenters. The molecule has 0 saturated heterocycles. The van der Waals surface area contributed by atoms with Gasteiger partial charge in [-0.3, -0.25) is 9.48 Å². The number of hydrogen-bond donors (Lipinski definition) is 1. The largest absolute Gasteiger partial charge is 0.481 e. The van der Waals surface area contributed by atoms with E-state index >= 15 is 0 Å². The first-order valence-corrected chi connectivity index (χ1v) is 6.88. The Hall–Kier alpha value is -2.10. The minimum Gasteiger partial charge on any atom is -0.481 e. The van der Waals surface area contributed by atoms with Crippen LogP contribution < -0.4 is 0 Å². The summed E-state index contributed by atoms with van der Waals surface area (Å²) in [5.41, 5.74) is 4.40. The van der Waals surface area contributed by atoms with Gasteiger partial charge < -0.3 is 5.11 Å². The maximum absolute atomic E-state index is 11.0. The number of aromatic nitrogens is 2. The van der Waals surface area contributed by atoms with Crippen molar-refractivity contribution in [1.29, 1.82) is 0 Å². The lowest BCUT2D eigenvalue weighted by Gasteiger charge is -2.05. The highest BCUT2D eigenvalue weighted by atomic mass is 16.4. The van der Waals surface area contributed by atoms with Gasteiger partial charge in [0.05, 0.1) is 18.2 Å². The molecule has 1 aromatic carbocycles. The summed E-state index contributed by atoms with van der Waals surface area (Å²) >= 11 is 0. The third kappa shape index (κ3) is 2.22. The average Bonchev–Trinajstić information content (AvgIpc) is 3.14. The van der Waals surface area contributed by atoms with Gasteiger partial charge in [0.1, 0.15) is 0 Å². The molecule has 4 nitrogen and oxygen atoms in total. The molecule has 2 atom stereocenters. The predicted molar refractivity (Wildman–Crippen MR) is 75.7 cm³/mol. The molecule has 0 bridgehead atoms. The maximum atomic E-state index is 11.0. The number of carbonyl (C=O) groups is 1. The van der Waals surface area contributed by atoms with Crippen molar-refractivity contribution in [3.8, 4) is 0 Å². The second kappa shape index (κ2) is 4.78. The molecule has 3 rings (SSSR count). The van der Waals surface area contributed by atoms with Crippen molar-refractivity contribution in [3.05, 3.63) is 52.8 Å². The molecule has 1 aromatic heterocycles. The Balaban J connectivity index is 1.86. The molecule has 104 valence electrons. The lowest BCUT2D eigenvalue weighted by molar-refractivity contribution is -0.138. The van der Waals surface area contributed by atoms with Gasteiger partial charge >= 0.3 is 5.97 Å². The highest BCUT2D eigenvalue weighted by Crippen LogP contribution is 2.49. The first kappa shape index (κ1) is 12.9. The van der Waals surface area contributed by atoms with Crippen LogP contribution in [-0.2, 0) is 11.3 Å². The number of carboxylic acids is 1. The molecule has 0 spiro atoms. The van der Waals surface area contributed by atoms with Gasteiger partial charge in [-0.15, -0.1) is 0 Å². The zero-order valence-corrected chi connectivity index (χ0v) is 11.7. The highest BCUT2D eigenvalue weighted by molar-refractivity contribution is 5.75. The molecule has 20 heavy (non-hydrogen) atoms. The van der Waals surface area contributed by atoms with Gasteiger partial charge in [-0.05, 0) is 31.4 Å². The van der Waals surface area contributed by atoms with Crippen LogP contribution in [0, 0.1) is 19.8 Å². The van der Waals surface area contributed by atoms with E-state index in [4.69, 9.17) is 5.11 Å². The van der Waals surface area contributed by atoms with Gasteiger partial charge in [0.15, 0.2) is 0 Å². The van der Waals surface area contributed by atoms with Crippen molar-refractivity contribution in [2.45, 2.75) is 32.7 Å². The van der Waals surface area contributed by atoms with Crippen molar-refractivity contribution in [2.24, 2.45) is 5.92 Å². The predicted octanol–water partition coefficient (Wildman–Crippen LogP) is 2.74. The minimum absolute atomic E-state index is 0.150. The second-order valence-corrected chi connectivity index (χ2v) is 5.51. The number of hydrogen-bond acceptors (Lipinski definition) is 2. The van der Waals surface area contributed by atoms with Crippen molar-refractivity contribution < 1.29 is 9.90 Å². The molecule has 1 fully saturated rings. The van der Waals surface area contributed by atoms with Crippen LogP contribution in [0.15, 0.2) is 30.3 Å². The molecule has 1 saturated carbocycles. The minimum atomic E-state index is -0.690. The summed E-state index contributed by atoms with van der Waals surface area (Å²) in [5, 5.41) is 13.7. The fraction of sp³-hybridized carbons (Fsp3) is 0.375. The normalized spacial score (nSPS) is 20.9. The molecule has 4 heteroatoms. The Morgan fingerprint density at radius 1 is 1.35 bits per heavy atom. The number of nitrogens with zero attached hydrogens (tertiary/aromatic N) is 2. The molecule has 0 aliphatic heterocycles. The zero-order valence-electron chi connectivity index (χ0n) is 11.7. The molecular formula is C16H18N2O2. The Morgan fingerprint density at radius 2 is 2.05 bits per heavy atom. The van der Waals surface area contributed by atoms with Crippen LogP contribution in [0.3, 0.4) is 0 Å². The Labute approximate surface area is 118 Å². The number of aliphatic carboxylic acids is 1. The smallest absolute Gasteiger partial charge is 0.307 e. The van der Waals surface area contributed by atoms with E-state index in [1.807, 2.05) is 36.7 Å². The molecule has 1 heterocycles. The summed E-state index contributed by atoms with van der Waals surface area (Å²) in [6.07, 6.45) is 0.744. The quantitative estimate of drug-likeness (QED) is 0.929. The van der Waals surface area contributed by atoms with E-state index in [1.54, 1.807) is 0 Å². The molecule has 1 aliphatic carbocycles. The summed E-state index contributed by atoms with van der Waals surface area (Å²) in [6, 6.07) is 10.2. The van der Waals surface area contributed by atoms with Crippen LogP contribution in [0.4, 0.5) is 0 Å². The fourth-order valence-corrected chi connectivity index (χ4v) is 2.94. The van der Waals surface area contributed by atoms with Gasteiger partial charge in [-0.2, -0.15) is 5.10 Å². The number of carboxylic acid groups (broad SMARTS) is 1. The SMILES string of the molecule is Cc1nn(Cc2ccccc2)c(C)c1[C@@H]1C[C@H]1C(=O)O. The number of aryl methyl sites for hydroxylation is 1. The van der Waals surface area contributed by atoms with Crippen molar-refractivity contribution in [2.75, 3.05) is 0 Å². The van der Waals surface area contributed by atoms with Crippen molar-refractivity contribution in [3.63, 3.8) is 0 Å². The van der Waals surface area contributed by atoms with E-state index < -0.39 is 5.97 Å². The van der Waals surface area contributed by atoms with Crippen LogP contribution in [-0.4, -0.2) is 20.9 Å². The summed E-state index contributed by atoms with van der Waals surface area (Å²) in [5.74, 6) is -0.761. The summed E-state index contributed by atoms with van der Waals surface area (Å²) < 4.78 is 1.98. The van der Waals surface area contributed by atoms with E-state index in [-0.39, 0.29) is 11.8 Å². The topological polar surface area (TPSA) is 55.1 Å². The summed E-state index contributed by atoms with van der Waals surface area (Å²) in [7, 11) is 0. The Morgan fingerprint density at radius 3 is 2.65 bits per heavy atom. The van der Waals surface area contributed by atoms with Crippen LogP contribution in [0.25, 0.3) is 0 Å². The molecule has 2 aromatic rings.